The Balaban J connectivity index is 1.71. The molecule has 0 unspecified atom stereocenters. The van der Waals surface area contributed by atoms with Gasteiger partial charge in [-0.05, 0) is 32.6 Å². The topological polar surface area (TPSA) is 85.4 Å². The SMILES string of the molecule is CCCC(C)(C)C(=O)N1CCC[C@@]2(CN(Cc3n[nH]c(C)n3)CC[C@H]2O)C1. The molecule has 2 aliphatic rings. The van der Waals surface area contributed by atoms with Crippen molar-refractivity contribution in [1.82, 2.24) is 25.0 Å². The third-order valence-electron chi connectivity index (χ3n) is 6.32. The van der Waals surface area contributed by atoms with Crippen LogP contribution in [-0.4, -0.2) is 68.3 Å². The van der Waals surface area contributed by atoms with E-state index in [1.165, 1.54) is 0 Å². The largest absolute Gasteiger partial charge is 0.392 e. The molecule has 1 spiro atoms. The minimum absolute atomic E-state index is 0.234. The van der Waals surface area contributed by atoms with Gasteiger partial charge in [0.15, 0.2) is 5.82 Å². The highest BCUT2D eigenvalue weighted by atomic mass is 16.3. The van der Waals surface area contributed by atoms with E-state index < -0.39 is 0 Å². The second kappa shape index (κ2) is 7.87. The summed E-state index contributed by atoms with van der Waals surface area (Å²) in [5.41, 5.74) is -0.567. The van der Waals surface area contributed by atoms with Crippen LogP contribution in [0.25, 0.3) is 0 Å². The highest BCUT2D eigenvalue weighted by molar-refractivity contribution is 5.82. The van der Waals surface area contributed by atoms with E-state index in [1.54, 1.807) is 0 Å². The van der Waals surface area contributed by atoms with Crippen molar-refractivity contribution in [2.75, 3.05) is 26.2 Å². The first kappa shape index (κ1) is 20.3. The van der Waals surface area contributed by atoms with E-state index in [4.69, 9.17) is 0 Å². The summed E-state index contributed by atoms with van der Waals surface area (Å²) in [6, 6.07) is 0. The number of aliphatic hydroxyl groups is 1. The zero-order valence-electron chi connectivity index (χ0n) is 17.3. The predicted octanol–water partition coefficient (Wildman–Crippen LogP) is 2.11. The lowest BCUT2D eigenvalue weighted by Crippen LogP contribution is -2.60. The quantitative estimate of drug-likeness (QED) is 0.821. The van der Waals surface area contributed by atoms with Gasteiger partial charge in [0.05, 0.1) is 12.6 Å². The van der Waals surface area contributed by atoms with E-state index in [9.17, 15) is 9.90 Å². The van der Waals surface area contributed by atoms with Crippen molar-refractivity contribution in [2.45, 2.75) is 72.4 Å². The molecule has 152 valence electrons. The second-order valence-corrected chi connectivity index (χ2v) is 9.18. The molecule has 2 saturated heterocycles. The molecular formula is C20H35N5O2. The van der Waals surface area contributed by atoms with Crippen molar-refractivity contribution >= 4 is 5.91 Å². The molecule has 2 fully saturated rings. The lowest BCUT2D eigenvalue weighted by atomic mass is 9.71. The zero-order valence-corrected chi connectivity index (χ0v) is 17.3. The fraction of sp³-hybridized carbons (Fsp3) is 0.850. The van der Waals surface area contributed by atoms with E-state index in [-0.39, 0.29) is 22.8 Å². The monoisotopic (exact) mass is 377 g/mol. The molecule has 0 radical (unpaired) electrons. The Bertz CT molecular complexity index is 659. The standard InChI is InChI=1S/C20H35N5O2/c1-5-8-19(3,4)18(27)25-10-6-9-20(14-25)13-24(11-7-16(20)26)12-17-21-15(2)22-23-17/h16,26H,5-14H2,1-4H3,(H,21,22,23)/t16-,20-/m1/s1. The average Bonchev–Trinajstić information content (AvgIpc) is 3.02. The number of hydrogen-bond donors (Lipinski definition) is 2. The maximum Gasteiger partial charge on any atom is 0.228 e. The minimum Gasteiger partial charge on any atom is -0.392 e. The molecule has 0 bridgehead atoms. The van der Waals surface area contributed by atoms with Crippen molar-refractivity contribution in [2.24, 2.45) is 10.8 Å². The third-order valence-corrected chi connectivity index (χ3v) is 6.32. The number of piperidine rings is 2. The number of aryl methyl sites for hydroxylation is 1. The fourth-order valence-corrected chi connectivity index (χ4v) is 4.93. The summed E-state index contributed by atoms with van der Waals surface area (Å²) in [5, 5.41) is 18.0. The van der Waals surface area contributed by atoms with Crippen molar-refractivity contribution < 1.29 is 9.90 Å². The molecule has 0 aromatic carbocycles. The molecule has 2 atom stereocenters. The first-order valence-electron chi connectivity index (χ1n) is 10.3. The first-order chi connectivity index (χ1) is 12.8. The number of carbonyl (C=O) groups is 1. The van der Waals surface area contributed by atoms with Crippen molar-refractivity contribution in [1.29, 1.82) is 0 Å². The molecule has 1 aromatic rings. The Morgan fingerprint density at radius 2 is 2.15 bits per heavy atom. The van der Waals surface area contributed by atoms with E-state index in [0.29, 0.717) is 13.1 Å². The van der Waals surface area contributed by atoms with Crippen LogP contribution in [-0.2, 0) is 11.3 Å². The van der Waals surface area contributed by atoms with Gasteiger partial charge in [-0.25, -0.2) is 4.98 Å². The van der Waals surface area contributed by atoms with Crippen LogP contribution < -0.4 is 0 Å². The molecule has 7 heteroatoms. The summed E-state index contributed by atoms with van der Waals surface area (Å²) < 4.78 is 0. The van der Waals surface area contributed by atoms with Gasteiger partial charge in [-0.1, -0.05) is 27.2 Å². The number of nitrogens with one attached hydrogen (secondary N) is 1. The van der Waals surface area contributed by atoms with Gasteiger partial charge in [-0.2, -0.15) is 5.10 Å². The maximum absolute atomic E-state index is 13.1. The van der Waals surface area contributed by atoms with Crippen LogP contribution in [0, 0.1) is 17.8 Å². The fourth-order valence-electron chi connectivity index (χ4n) is 4.93. The second-order valence-electron chi connectivity index (χ2n) is 9.18. The summed E-state index contributed by atoms with van der Waals surface area (Å²) in [6.07, 6.45) is 4.21. The predicted molar refractivity (Wildman–Crippen MR) is 104 cm³/mol. The van der Waals surface area contributed by atoms with Gasteiger partial charge in [-0.3, -0.25) is 14.8 Å². The highest BCUT2D eigenvalue weighted by Gasteiger charge is 2.47. The van der Waals surface area contributed by atoms with Crippen molar-refractivity contribution in [3.8, 4) is 0 Å². The van der Waals surface area contributed by atoms with Crippen LogP contribution in [0.3, 0.4) is 0 Å². The summed E-state index contributed by atoms with van der Waals surface area (Å²) in [5.74, 6) is 1.86. The van der Waals surface area contributed by atoms with E-state index >= 15 is 0 Å². The van der Waals surface area contributed by atoms with Crippen molar-refractivity contribution in [3.63, 3.8) is 0 Å². The van der Waals surface area contributed by atoms with Crippen molar-refractivity contribution in [3.05, 3.63) is 11.6 Å². The molecule has 0 aliphatic carbocycles. The Morgan fingerprint density at radius 3 is 2.81 bits per heavy atom. The molecule has 0 saturated carbocycles. The Kier molecular flexibility index (Phi) is 5.91. The first-order valence-corrected chi connectivity index (χ1v) is 10.3. The van der Waals surface area contributed by atoms with Crippen LogP contribution in [0.15, 0.2) is 0 Å². The van der Waals surface area contributed by atoms with E-state index in [1.807, 2.05) is 11.8 Å². The number of aliphatic hydroxyl groups excluding tert-OH is 1. The molecule has 3 heterocycles. The maximum atomic E-state index is 13.1. The number of likely N-dealkylation sites (tertiary alicyclic amines) is 2. The molecule has 2 aliphatic heterocycles. The van der Waals surface area contributed by atoms with Gasteiger partial charge >= 0.3 is 0 Å². The molecule has 7 nitrogen and oxygen atoms in total. The normalized spacial score (nSPS) is 27.3. The summed E-state index contributed by atoms with van der Waals surface area (Å²) in [7, 11) is 0. The number of rotatable bonds is 5. The van der Waals surface area contributed by atoms with Crippen LogP contribution in [0.1, 0.15) is 64.5 Å². The smallest absolute Gasteiger partial charge is 0.228 e. The number of nitrogens with zero attached hydrogens (tertiary/aromatic N) is 4. The number of carbonyl (C=O) groups excluding carboxylic acids is 1. The van der Waals surface area contributed by atoms with Crippen LogP contribution >= 0.6 is 0 Å². The number of hydrogen-bond acceptors (Lipinski definition) is 5. The summed E-state index contributed by atoms with van der Waals surface area (Å²) in [4.78, 5) is 21.9. The number of H-pyrrole nitrogens is 1. The van der Waals surface area contributed by atoms with Crippen LogP contribution in [0.5, 0.6) is 0 Å². The summed E-state index contributed by atoms with van der Waals surface area (Å²) in [6.45, 7) is 11.9. The van der Waals surface area contributed by atoms with Gasteiger partial charge in [0.1, 0.15) is 5.82 Å². The van der Waals surface area contributed by atoms with Crippen LogP contribution in [0.4, 0.5) is 0 Å². The number of aromatic amines is 1. The Hall–Kier alpha value is -1.47. The lowest BCUT2D eigenvalue weighted by molar-refractivity contribution is -0.150. The van der Waals surface area contributed by atoms with Gasteiger partial charge < -0.3 is 10.0 Å². The van der Waals surface area contributed by atoms with Gasteiger partial charge in [0.2, 0.25) is 5.91 Å². The summed E-state index contributed by atoms with van der Waals surface area (Å²) >= 11 is 0. The Labute approximate surface area is 162 Å². The molecule has 1 amide bonds. The number of aromatic nitrogens is 3. The molecule has 2 N–H and O–H groups in total. The van der Waals surface area contributed by atoms with Gasteiger partial charge in [0.25, 0.3) is 0 Å². The van der Waals surface area contributed by atoms with E-state index in [2.05, 4.69) is 40.9 Å². The van der Waals surface area contributed by atoms with Gasteiger partial charge in [0, 0.05) is 37.0 Å². The van der Waals surface area contributed by atoms with E-state index in [0.717, 1.165) is 63.4 Å². The lowest BCUT2D eigenvalue weighted by Gasteiger charge is -2.51. The highest BCUT2D eigenvalue weighted by Crippen LogP contribution is 2.40. The van der Waals surface area contributed by atoms with Gasteiger partial charge in [-0.15, -0.1) is 0 Å². The molecule has 27 heavy (non-hydrogen) atoms. The molecule has 3 rings (SSSR count). The third kappa shape index (κ3) is 4.35. The molecule has 1 aromatic heterocycles. The average molecular weight is 378 g/mol. The minimum atomic E-state index is -0.354. The van der Waals surface area contributed by atoms with Crippen LogP contribution in [0.2, 0.25) is 0 Å². The zero-order chi connectivity index (χ0) is 19.7. The Morgan fingerprint density at radius 1 is 1.37 bits per heavy atom. The molecular weight excluding hydrogens is 342 g/mol. The number of amides is 1.